The lowest BCUT2D eigenvalue weighted by Crippen LogP contribution is -2.39. The standard InChI is InChI=1S/C17H18ClFN2/c18-13-6-7-17(16(19)12-13)20-14-8-10-21(11-9-14)15-4-2-1-3-5-15/h1-7,12,14,20H,8-11H2. The summed E-state index contributed by atoms with van der Waals surface area (Å²) < 4.78 is 13.8. The van der Waals surface area contributed by atoms with Crippen molar-refractivity contribution in [2.24, 2.45) is 0 Å². The van der Waals surface area contributed by atoms with Crippen LogP contribution in [0.15, 0.2) is 48.5 Å². The molecule has 110 valence electrons. The van der Waals surface area contributed by atoms with Gasteiger partial charge in [-0.1, -0.05) is 29.8 Å². The summed E-state index contributed by atoms with van der Waals surface area (Å²) in [6, 6.07) is 15.5. The molecule has 0 saturated carbocycles. The first kappa shape index (κ1) is 14.2. The summed E-state index contributed by atoms with van der Waals surface area (Å²) in [7, 11) is 0. The molecular formula is C17H18ClFN2. The third-order valence-corrected chi connectivity index (χ3v) is 4.14. The Balaban J connectivity index is 1.59. The molecule has 1 aliphatic heterocycles. The summed E-state index contributed by atoms with van der Waals surface area (Å²) in [6.07, 6.45) is 1.99. The van der Waals surface area contributed by atoms with E-state index < -0.39 is 0 Å². The molecule has 2 aromatic carbocycles. The molecule has 1 heterocycles. The molecule has 0 spiro atoms. The van der Waals surface area contributed by atoms with Crippen LogP contribution in [0.1, 0.15) is 12.8 Å². The zero-order chi connectivity index (χ0) is 14.7. The van der Waals surface area contributed by atoms with Gasteiger partial charge in [-0.15, -0.1) is 0 Å². The summed E-state index contributed by atoms with van der Waals surface area (Å²) >= 11 is 5.77. The van der Waals surface area contributed by atoms with Crippen LogP contribution in [-0.2, 0) is 0 Å². The Morgan fingerprint density at radius 2 is 1.76 bits per heavy atom. The van der Waals surface area contributed by atoms with Gasteiger partial charge >= 0.3 is 0 Å². The molecule has 21 heavy (non-hydrogen) atoms. The maximum absolute atomic E-state index is 13.8. The third kappa shape index (κ3) is 3.48. The lowest BCUT2D eigenvalue weighted by atomic mass is 10.0. The Morgan fingerprint density at radius 3 is 2.43 bits per heavy atom. The molecule has 0 bridgehead atoms. The van der Waals surface area contributed by atoms with E-state index in [0.717, 1.165) is 25.9 Å². The maximum atomic E-state index is 13.8. The van der Waals surface area contributed by atoms with Crippen molar-refractivity contribution in [3.8, 4) is 0 Å². The van der Waals surface area contributed by atoms with Crippen molar-refractivity contribution in [1.29, 1.82) is 0 Å². The van der Waals surface area contributed by atoms with Crippen LogP contribution in [-0.4, -0.2) is 19.1 Å². The van der Waals surface area contributed by atoms with Gasteiger partial charge < -0.3 is 10.2 Å². The van der Waals surface area contributed by atoms with Crippen LogP contribution in [0, 0.1) is 5.82 Å². The van der Waals surface area contributed by atoms with Crippen molar-refractivity contribution in [2.45, 2.75) is 18.9 Å². The molecular weight excluding hydrogens is 287 g/mol. The Hall–Kier alpha value is -1.74. The molecule has 4 heteroatoms. The number of rotatable bonds is 3. The van der Waals surface area contributed by atoms with Gasteiger partial charge in [-0.2, -0.15) is 0 Å². The number of hydrogen-bond acceptors (Lipinski definition) is 2. The summed E-state index contributed by atoms with van der Waals surface area (Å²) in [6.45, 7) is 1.97. The lowest BCUT2D eigenvalue weighted by Gasteiger charge is -2.34. The third-order valence-electron chi connectivity index (χ3n) is 3.91. The highest BCUT2D eigenvalue weighted by molar-refractivity contribution is 6.30. The second kappa shape index (κ2) is 6.35. The molecule has 0 unspecified atom stereocenters. The average molecular weight is 305 g/mol. The first-order valence-corrected chi connectivity index (χ1v) is 7.62. The van der Waals surface area contributed by atoms with Gasteiger partial charge in [0.15, 0.2) is 0 Å². The van der Waals surface area contributed by atoms with Gasteiger partial charge in [-0.3, -0.25) is 0 Å². The molecule has 1 aliphatic rings. The predicted molar refractivity (Wildman–Crippen MR) is 86.7 cm³/mol. The van der Waals surface area contributed by atoms with E-state index in [1.165, 1.54) is 11.8 Å². The van der Waals surface area contributed by atoms with Gasteiger partial charge in [0.1, 0.15) is 5.82 Å². The van der Waals surface area contributed by atoms with E-state index in [1.54, 1.807) is 12.1 Å². The van der Waals surface area contributed by atoms with Crippen LogP contribution < -0.4 is 10.2 Å². The highest BCUT2D eigenvalue weighted by Crippen LogP contribution is 2.24. The number of halogens is 2. The topological polar surface area (TPSA) is 15.3 Å². The number of piperidine rings is 1. The summed E-state index contributed by atoms with van der Waals surface area (Å²) in [5.74, 6) is -0.284. The van der Waals surface area contributed by atoms with Gasteiger partial charge in [0.25, 0.3) is 0 Å². The molecule has 1 saturated heterocycles. The van der Waals surface area contributed by atoms with E-state index in [9.17, 15) is 4.39 Å². The number of nitrogens with zero attached hydrogens (tertiary/aromatic N) is 1. The number of anilines is 2. The fraction of sp³-hybridized carbons (Fsp3) is 0.294. The SMILES string of the molecule is Fc1cc(Cl)ccc1NC1CCN(c2ccccc2)CC1. The zero-order valence-electron chi connectivity index (χ0n) is 11.7. The molecule has 0 aliphatic carbocycles. The highest BCUT2D eigenvalue weighted by Gasteiger charge is 2.20. The quantitative estimate of drug-likeness (QED) is 0.894. The minimum atomic E-state index is -0.284. The zero-order valence-corrected chi connectivity index (χ0v) is 12.5. The molecule has 0 atom stereocenters. The summed E-state index contributed by atoms with van der Waals surface area (Å²) in [5, 5.41) is 3.72. The van der Waals surface area contributed by atoms with Gasteiger partial charge in [0, 0.05) is 29.8 Å². The van der Waals surface area contributed by atoms with Crippen molar-refractivity contribution in [3.63, 3.8) is 0 Å². The number of benzene rings is 2. The predicted octanol–water partition coefficient (Wildman–Crippen LogP) is 4.56. The van der Waals surface area contributed by atoms with Gasteiger partial charge in [-0.25, -0.2) is 4.39 Å². The van der Waals surface area contributed by atoms with Crippen LogP contribution >= 0.6 is 11.6 Å². The van der Waals surface area contributed by atoms with E-state index in [-0.39, 0.29) is 5.82 Å². The Bertz CT molecular complexity index is 595. The Morgan fingerprint density at radius 1 is 1.05 bits per heavy atom. The van der Waals surface area contributed by atoms with Crippen LogP contribution in [0.2, 0.25) is 5.02 Å². The minimum Gasteiger partial charge on any atom is -0.380 e. The van der Waals surface area contributed by atoms with Crippen molar-refractivity contribution in [3.05, 3.63) is 59.4 Å². The molecule has 2 nitrogen and oxygen atoms in total. The second-order valence-electron chi connectivity index (χ2n) is 5.37. The number of para-hydroxylation sites is 1. The fourth-order valence-electron chi connectivity index (χ4n) is 2.75. The van der Waals surface area contributed by atoms with Crippen LogP contribution in [0.3, 0.4) is 0 Å². The Kier molecular flexibility index (Phi) is 4.30. The van der Waals surface area contributed by atoms with E-state index in [4.69, 9.17) is 11.6 Å². The fourth-order valence-corrected chi connectivity index (χ4v) is 2.91. The minimum absolute atomic E-state index is 0.284. The Labute approximate surface area is 129 Å². The molecule has 0 radical (unpaired) electrons. The van der Waals surface area contributed by atoms with E-state index in [0.29, 0.717) is 16.8 Å². The maximum Gasteiger partial charge on any atom is 0.147 e. The van der Waals surface area contributed by atoms with Gasteiger partial charge in [0.2, 0.25) is 0 Å². The van der Waals surface area contributed by atoms with E-state index in [1.807, 2.05) is 6.07 Å². The smallest absolute Gasteiger partial charge is 0.147 e. The van der Waals surface area contributed by atoms with Crippen LogP contribution in [0.5, 0.6) is 0 Å². The monoisotopic (exact) mass is 304 g/mol. The summed E-state index contributed by atoms with van der Waals surface area (Å²) in [4.78, 5) is 2.37. The van der Waals surface area contributed by atoms with Crippen molar-refractivity contribution in [1.82, 2.24) is 0 Å². The van der Waals surface area contributed by atoms with Crippen LogP contribution in [0.4, 0.5) is 15.8 Å². The first-order valence-electron chi connectivity index (χ1n) is 7.24. The van der Waals surface area contributed by atoms with Gasteiger partial charge in [0.05, 0.1) is 5.69 Å². The van der Waals surface area contributed by atoms with Crippen molar-refractivity contribution in [2.75, 3.05) is 23.3 Å². The lowest BCUT2D eigenvalue weighted by molar-refractivity contribution is 0.522. The summed E-state index contributed by atoms with van der Waals surface area (Å²) in [5.41, 5.74) is 1.80. The molecule has 1 N–H and O–H groups in total. The van der Waals surface area contributed by atoms with Crippen LogP contribution in [0.25, 0.3) is 0 Å². The molecule has 0 aromatic heterocycles. The number of nitrogens with one attached hydrogen (secondary N) is 1. The number of hydrogen-bond donors (Lipinski definition) is 1. The average Bonchev–Trinajstić information content (AvgIpc) is 2.52. The second-order valence-corrected chi connectivity index (χ2v) is 5.80. The van der Waals surface area contributed by atoms with Gasteiger partial charge in [-0.05, 0) is 43.2 Å². The first-order chi connectivity index (χ1) is 10.2. The molecule has 2 aromatic rings. The highest BCUT2D eigenvalue weighted by atomic mass is 35.5. The largest absolute Gasteiger partial charge is 0.380 e. The normalized spacial score (nSPS) is 16.0. The molecule has 3 rings (SSSR count). The van der Waals surface area contributed by atoms with Crippen molar-refractivity contribution < 1.29 is 4.39 Å². The van der Waals surface area contributed by atoms with E-state index >= 15 is 0 Å². The molecule has 0 amide bonds. The van der Waals surface area contributed by atoms with E-state index in [2.05, 4.69) is 34.5 Å². The molecule has 1 fully saturated rings. The van der Waals surface area contributed by atoms with Crippen molar-refractivity contribution >= 4 is 23.0 Å².